The Morgan fingerprint density at radius 1 is 1.40 bits per heavy atom. The van der Waals surface area contributed by atoms with Gasteiger partial charge in [-0.05, 0) is 23.8 Å². The quantitative estimate of drug-likeness (QED) is 0.725. The van der Waals surface area contributed by atoms with E-state index in [1.165, 1.54) is 6.08 Å². The average molecular weight is 227 g/mol. The van der Waals surface area contributed by atoms with Gasteiger partial charge in [-0.25, -0.2) is 4.79 Å². The Hall–Kier alpha value is -1.68. The fourth-order valence-electron chi connectivity index (χ4n) is 1.21. The number of carbonyl (C=O) groups excluding carboxylic acids is 1. The molecule has 1 aliphatic rings. The van der Waals surface area contributed by atoms with Gasteiger partial charge in [0.25, 0.3) is 0 Å². The molecule has 0 unspecified atom stereocenters. The Morgan fingerprint density at radius 2 is 2.20 bits per heavy atom. The van der Waals surface area contributed by atoms with E-state index in [0.29, 0.717) is 11.5 Å². The summed E-state index contributed by atoms with van der Waals surface area (Å²) in [7, 11) is 0. The summed E-state index contributed by atoms with van der Waals surface area (Å²) in [6.45, 7) is 0.228. The van der Waals surface area contributed by atoms with Crippen LogP contribution in [-0.2, 0) is 9.08 Å². The molecule has 0 spiro atoms. The van der Waals surface area contributed by atoms with Crippen molar-refractivity contribution in [3.8, 4) is 11.5 Å². The summed E-state index contributed by atoms with van der Waals surface area (Å²) in [5.41, 5.74) is 0.807. The lowest BCUT2D eigenvalue weighted by molar-refractivity contribution is -0.128. The molecule has 78 valence electrons. The monoisotopic (exact) mass is 226 g/mol. The van der Waals surface area contributed by atoms with E-state index < -0.39 is 5.97 Å². The minimum absolute atomic E-state index is 0.228. The summed E-state index contributed by atoms with van der Waals surface area (Å²) >= 11 is 4.87. The van der Waals surface area contributed by atoms with Crippen LogP contribution < -0.4 is 9.47 Å². The van der Waals surface area contributed by atoms with E-state index in [4.69, 9.17) is 21.3 Å². The molecule has 0 amide bonds. The van der Waals surface area contributed by atoms with Gasteiger partial charge in [-0.2, -0.15) is 0 Å². The van der Waals surface area contributed by atoms with Crippen LogP contribution in [0.5, 0.6) is 11.5 Å². The Bertz CT molecular complexity index is 414. The van der Waals surface area contributed by atoms with Crippen molar-refractivity contribution in [3.63, 3.8) is 0 Å². The maximum Gasteiger partial charge on any atom is 0.349 e. The molecular formula is C10H7ClO4. The van der Waals surface area contributed by atoms with E-state index in [1.54, 1.807) is 24.3 Å². The first-order chi connectivity index (χ1) is 7.29. The van der Waals surface area contributed by atoms with E-state index in [1.807, 2.05) is 0 Å². The molecule has 0 fully saturated rings. The summed E-state index contributed by atoms with van der Waals surface area (Å²) in [5.74, 6) is 0.748. The third kappa shape index (κ3) is 2.22. The Kier molecular flexibility index (Phi) is 2.78. The predicted octanol–water partition coefficient (Wildman–Crippen LogP) is 2.13. The van der Waals surface area contributed by atoms with E-state index in [2.05, 4.69) is 4.29 Å². The van der Waals surface area contributed by atoms with Crippen molar-refractivity contribution >= 4 is 23.9 Å². The molecule has 2 rings (SSSR count). The van der Waals surface area contributed by atoms with Gasteiger partial charge >= 0.3 is 5.97 Å². The fraction of sp³-hybridized carbons (Fsp3) is 0.100. The van der Waals surface area contributed by atoms with Gasteiger partial charge in [-0.3, -0.25) is 0 Å². The van der Waals surface area contributed by atoms with Crippen LogP contribution in [0.25, 0.3) is 6.08 Å². The lowest BCUT2D eigenvalue weighted by Crippen LogP contribution is -1.92. The van der Waals surface area contributed by atoms with Crippen molar-refractivity contribution in [1.82, 2.24) is 0 Å². The first-order valence-electron chi connectivity index (χ1n) is 4.20. The minimum atomic E-state index is -0.616. The lowest BCUT2D eigenvalue weighted by Gasteiger charge is -1.96. The van der Waals surface area contributed by atoms with Crippen LogP contribution in [0.4, 0.5) is 0 Å². The topological polar surface area (TPSA) is 44.8 Å². The Balaban J connectivity index is 2.16. The highest BCUT2D eigenvalue weighted by Crippen LogP contribution is 2.32. The predicted molar refractivity (Wildman–Crippen MR) is 53.5 cm³/mol. The number of fused-ring (bicyclic) bond motifs is 1. The van der Waals surface area contributed by atoms with E-state index in [0.717, 1.165) is 5.56 Å². The molecule has 1 heterocycles. The van der Waals surface area contributed by atoms with E-state index in [-0.39, 0.29) is 6.79 Å². The fourth-order valence-corrected chi connectivity index (χ4v) is 1.26. The van der Waals surface area contributed by atoms with Gasteiger partial charge in [0.15, 0.2) is 11.5 Å². The van der Waals surface area contributed by atoms with Crippen molar-refractivity contribution in [1.29, 1.82) is 0 Å². The SMILES string of the molecule is O=C(/C=C/c1ccc2c(c1)OCO2)OCl. The molecule has 1 aliphatic heterocycles. The normalized spacial score (nSPS) is 13.1. The van der Waals surface area contributed by atoms with Crippen LogP contribution in [-0.4, -0.2) is 12.8 Å². The first kappa shape index (κ1) is 9.86. The number of hydrogen-bond donors (Lipinski definition) is 0. The zero-order valence-corrected chi connectivity index (χ0v) is 8.36. The highest BCUT2D eigenvalue weighted by Gasteiger charge is 2.12. The van der Waals surface area contributed by atoms with Gasteiger partial charge in [0.2, 0.25) is 6.79 Å². The highest BCUT2D eigenvalue weighted by molar-refractivity contribution is 6.15. The van der Waals surface area contributed by atoms with E-state index in [9.17, 15) is 4.79 Å². The van der Waals surface area contributed by atoms with Gasteiger partial charge in [-0.15, -0.1) is 0 Å². The molecule has 15 heavy (non-hydrogen) atoms. The second-order valence-corrected chi connectivity index (χ2v) is 3.00. The number of halogens is 1. The smallest absolute Gasteiger partial charge is 0.349 e. The standard InChI is InChI=1S/C10H7ClO4/c11-15-10(12)4-2-7-1-3-8-9(5-7)14-6-13-8/h1-5H,6H2/b4-2+. The van der Waals surface area contributed by atoms with Crippen molar-refractivity contribution in [2.75, 3.05) is 6.79 Å². The minimum Gasteiger partial charge on any atom is -0.454 e. The maximum atomic E-state index is 10.7. The second-order valence-electron chi connectivity index (χ2n) is 2.84. The van der Waals surface area contributed by atoms with Gasteiger partial charge in [0.05, 0.1) is 0 Å². The number of hydrogen-bond acceptors (Lipinski definition) is 4. The van der Waals surface area contributed by atoms with Crippen LogP contribution in [0.3, 0.4) is 0 Å². The molecular weight excluding hydrogens is 220 g/mol. The van der Waals surface area contributed by atoms with Crippen LogP contribution in [0.15, 0.2) is 24.3 Å². The van der Waals surface area contributed by atoms with Crippen molar-refractivity contribution in [3.05, 3.63) is 29.8 Å². The molecule has 0 bridgehead atoms. The zero-order valence-electron chi connectivity index (χ0n) is 7.60. The Morgan fingerprint density at radius 3 is 3.00 bits per heavy atom. The third-order valence-electron chi connectivity index (χ3n) is 1.88. The highest BCUT2D eigenvalue weighted by atomic mass is 35.5. The third-order valence-corrected chi connectivity index (χ3v) is 2.04. The summed E-state index contributed by atoms with van der Waals surface area (Å²) in [6, 6.07) is 5.33. The van der Waals surface area contributed by atoms with Gasteiger partial charge in [0, 0.05) is 6.08 Å². The summed E-state index contributed by atoms with van der Waals surface area (Å²) < 4.78 is 14.3. The molecule has 1 aromatic rings. The first-order valence-corrected chi connectivity index (χ1v) is 4.51. The largest absolute Gasteiger partial charge is 0.454 e. The number of ether oxygens (including phenoxy) is 2. The number of carbonyl (C=O) groups is 1. The van der Waals surface area contributed by atoms with Crippen molar-refractivity contribution in [2.45, 2.75) is 0 Å². The molecule has 0 radical (unpaired) electrons. The molecule has 4 nitrogen and oxygen atoms in total. The zero-order chi connectivity index (χ0) is 10.7. The van der Waals surface area contributed by atoms with Gasteiger partial charge < -0.3 is 13.8 Å². The second kappa shape index (κ2) is 4.23. The molecule has 0 atom stereocenters. The summed E-state index contributed by atoms with van der Waals surface area (Å²) in [4.78, 5) is 10.7. The van der Waals surface area contributed by atoms with Crippen LogP contribution >= 0.6 is 11.9 Å². The molecule has 5 heteroatoms. The summed E-state index contributed by atoms with van der Waals surface area (Å²) in [5, 5.41) is 0. The molecule has 0 N–H and O–H groups in total. The van der Waals surface area contributed by atoms with Crippen molar-refractivity contribution in [2.24, 2.45) is 0 Å². The molecule has 0 saturated carbocycles. The number of benzene rings is 1. The maximum absolute atomic E-state index is 10.7. The lowest BCUT2D eigenvalue weighted by atomic mass is 10.2. The van der Waals surface area contributed by atoms with Crippen LogP contribution in [0.1, 0.15) is 5.56 Å². The van der Waals surface area contributed by atoms with Gasteiger partial charge in [0.1, 0.15) is 11.9 Å². The molecule has 0 saturated heterocycles. The van der Waals surface area contributed by atoms with Crippen LogP contribution in [0, 0.1) is 0 Å². The molecule has 0 aromatic heterocycles. The van der Waals surface area contributed by atoms with Crippen LogP contribution in [0.2, 0.25) is 0 Å². The van der Waals surface area contributed by atoms with E-state index >= 15 is 0 Å². The summed E-state index contributed by atoms with van der Waals surface area (Å²) in [6.07, 6.45) is 2.80. The number of rotatable bonds is 2. The average Bonchev–Trinajstić information content (AvgIpc) is 2.72. The van der Waals surface area contributed by atoms with Gasteiger partial charge in [-0.1, -0.05) is 6.07 Å². The Labute approximate surface area is 91.2 Å². The molecule has 0 aliphatic carbocycles. The van der Waals surface area contributed by atoms with Crippen molar-refractivity contribution < 1.29 is 18.6 Å². The molecule has 1 aromatic carbocycles.